The second-order valence-electron chi connectivity index (χ2n) is 12.2. The van der Waals surface area contributed by atoms with Crippen LogP contribution in [-0.4, -0.2) is 68.3 Å². The third-order valence-electron chi connectivity index (χ3n) is 7.70. The first-order valence-electron chi connectivity index (χ1n) is 14.3. The maximum Gasteiger partial charge on any atom is 0.459 e. The van der Waals surface area contributed by atoms with Crippen molar-refractivity contribution in [3.8, 4) is 11.8 Å². The molecule has 1 aliphatic heterocycles. The summed E-state index contributed by atoms with van der Waals surface area (Å²) < 4.78 is 38.1. The Morgan fingerprint density at radius 3 is 2.59 bits per heavy atom. The topological polar surface area (TPSA) is 204 Å². The molecule has 44 heavy (non-hydrogen) atoms. The van der Waals surface area contributed by atoms with E-state index >= 15 is 0 Å². The van der Waals surface area contributed by atoms with Crippen molar-refractivity contribution in [3.05, 3.63) is 54.0 Å². The molecule has 1 saturated heterocycles. The highest BCUT2D eigenvalue weighted by Gasteiger charge is 2.58. The molecule has 0 amide bonds. The number of nitrogen functional groups attached to an aromatic ring is 1. The van der Waals surface area contributed by atoms with Crippen LogP contribution >= 0.6 is 7.75 Å². The van der Waals surface area contributed by atoms with Gasteiger partial charge >= 0.3 is 13.7 Å². The molecule has 2 fully saturated rings. The third-order valence-corrected chi connectivity index (χ3v) is 9.35. The quantitative estimate of drug-likeness (QED) is 0.178. The van der Waals surface area contributed by atoms with E-state index in [9.17, 15) is 24.8 Å². The monoisotopic (exact) mass is 628 g/mol. The molecule has 3 heterocycles. The maximum atomic E-state index is 14.1. The van der Waals surface area contributed by atoms with Gasteiger partial charge < -0.3 is 29.9 Å². The molecule has 5 rings (SSSR count). The number of anilines is 1. The molecule has 3 aromatic rings. The molecule has 14 nitrogen and oxygen atoms in total. The Bertz CT molecular complexity index is 1600. The first-order chi connectivity index (χ1) is 20.8. The largest absolute Gasteiger partial charge is 0.464 e. The normalized spacial score (nSPS) is 25.7. The Kier molecular flexibility index (Phi) is 8.74. The minimum absolute atomic E-state index is 0.0988. The number of nitriles is 1. The molecule has 1 aromatic carbocycles. The summed E-state index contributed by atoms with van der Waals surface area (Å²) in [5.41, 5.74) is 5.18. The van der Waals surface area contributed by atoms with Crippen LogP contribution in [-0.2, 0) is 34.4 Å². The van der Waals surface area contributed by atoms with Gasteiger partial charge in [0.2, 0.25) is 5.60 Å². The zero-order chi connectivity index (χ0) is 31.9. The predicted octanol–water partition coefficient (Wildman–Crippen LogP) is 2.58. The number of fused-ring (bicyclic) bond motifs is 1. The number of nitrogens with two attached hydrogens (primary N) is 1. The van der Waals surface area contributed by atoms with Crippen LogP contribution in [0, 0.1) is 17.2 Å². The number of benzene rings is 1. The molecule has 5 N–H and O–H groups in total. The van der Waals surface area contributed by atoms with E-state index in [1.54, 1.807) is 18.2 Å². The SMILES string of the molecule is C[C@H](NP(=O)(OC[C@H]1O[C@@](C#N)(c2ccc3c(N)ncnn23)[C@H](O)[C@@H]1O)Oc1ccc(C(C)(C)C)cc1)C(=O)OCC1CC1. The maximum absolute atomic E-state index is 14.1. The zero-order valence-electron chi connectivity index (χ0n) is 24.9. The lowest BCUT2D eigenvalue weighted by Crippen LogP contribution is -2.41. The first kappa shape index (κ1) is 31.8. The second-order valence-corrected chi connectivity index (χ2v) is 13.9. The number of esters is 1. The number of ether oxygens (including phenoxy) is 2. The predicted molar refractivity (Wildman–Crippen MR) is 157 cm³/mol. The third kappa shape index (κ3) is 6.44. The number of nitrogens with zero attached hydrogens (tertiary/aromatic N) is 4. The number of rotatable bonds is 11. The molecule has 0 spiro atoms. The van der Waals surface area contributed by atoms with E-state index in [4.69, 9.17) is 24.3 Å². The molecule has 1 unspecified atom stereocenters. The fourth-order valence-electron chi connectivity index (χ4n) is 4.87. The Morgan fingerprint density at radius 1 is 1.25 bits per heavy atom. The highest BCUT2D eigenvalue weighted by Crippen LogP contribution is 2.47. The van der Waals surface area contributed by atoms with Crippen molar-refractivity contribution >= 4 is 25.1 Å². The van der Waals surface area contributed by atoms with Gasteiger partial charge in [-0.25, -0.2) is 14.1 Å². The Morgan fingerprint density at radius 2 is 1.95 bits per heavy atom. The van der Waals surface area contributed by atoms with Crippen molar-refractivity contribution < 1.29 is 38.1 Å². The van der Waals surface area contributed by atoms with E-state index in [1.807, 2.05) is 18.2 Å². The molecular weight excluding hydrogens is 591 g/mol. The van der Waals surface area contributed by atoms with Crippen LogP contribution < -0.4 is 15.3 Å². The average Bonchev–Trinajstić information content (AvgIpc) is 3.65. The van der Waals surface area contributed by atoms with Crippen molar-refractivity contribution in [2.45, 2.75) is 75.9 Å². The van der Waals surface area contributed by atoms with Crippen molar-refractivity contribution in [3.63, 3.8) is 0 Å². The molecule has 6 atom stereocenters. The van der Waals surface area contributed by atoms with Crippen molar-refractivity contribution in [1.29, 1.82) is 5.26 Å². The summed E-state index contributed by atoms with van der Waals surface area (Å²) in [6.45, 7) is 7.30. The number of aliphatic hydroxyl groups excluding tert-OH is 2. The van der Waals surface area contributed by atoms with Gasteiger partial charge in [0.15, 0.2) is 5.82 Å². The lowest BCUT2D eigenvalue weighted by Gasteiger charge is -2.26. The minimum atomic E-state index is -4.34. The second kappa shape index (κ2) is 12.1. The van der Waals surface area contributed by atoms with E-state index in [1.165, 1.54) is 23.8 Å². The van der Waals surface area contributed by atoms with Crippen LogP contribution in [0.5, 0.6) is 5.75 Å². The highest BCUT2D eigenvalue weighted by molar-refractivity contribution is 7.52. The average molecular weight is 629 g/mol. The zero-order valence-corrected chi connectivity index (χ0v) is 25.8. The molecule has 0 radical (unpaired) electrons. The van der Waals surface area contributed by atoms with E-state index in [-0.39, 0.29) is 29.3 Å². The summed E-state index contributed by atoms with van der Waals surface area (Å²) in [5.74, 6) is 0.0328. The number of carbonyl (C=O) groups excluding carboxylic acids is 1. The summed E-state index contributed by atoms with van der Waals surface area (Å²) in [5, 5.41) is 38.9. The smallest absolute Gasteiger partial charge is 0.459 e. The van der Waals surface area contributed by atoms with Gasteiger partial charge in [-0.2, -0.15) is 15.4 Å². The highest BCUT2D eigenvalue weighted by atomic mass is 31.2. The van der Waals surface area contributed by atoms with E-state index in [2.05, 4.69) is 35.9 Å². The van der Waals surface area contributed by atoms with Crippen LogP contribution in [0.25, 0.3) is 5.52 Å². The number of aliphatic hydroxyl groups is 2. The molecule has 1 saturated carbocycles. The van der Waals surface area contributed by atoms with Crippen molar-refractivity contribution in [2.24, 2.45) is 5.92 Å². The molecule has 2 aliphatic rings. The summed E-state index contributed by atoms with van der Waals surface area (Å²) in [7, 11) is -4.34. The van der Waals surface area contributed by atoms with Crippen molar-refractivity contribution in [1.82, 2.24) is 19.7 Å². The van der Waals surface area contributed by atoms with Gasteiger partial charge in [0.05, 0.1) is 18.9 Å². The van der Waals surface area contributed by atoms with Gasteiger partial charge in [-0.1, -0.05) is 32.9 Å². The minimum Gasteiger partial charge on any atom is -0.464 e. The molecule has 0 bridgehead atoms. The standard InChI is InChI=1S/C29H37N6O8P/c1-17(27(38)40-13-18-5-6-18)34-44(39,43-20-9-7-19(8-10-20)28(2,3)4)41-14-22-24(36)25(37)29(15-30,42-22)23-12-11-21-26(31)32-16-33-35(21)23/h7-12,16-18,22,24-25,36-37H,5-6,13-14H2,1-4H3,(H,34,39)(H2,31,32,33)/t17-,22+,24+,25+,29-,44?/m0/s1. The van der Waals surface area contributed by atoms with Crippen LogP contribution in [0.3, 0.4) is 0 Å². The van der Waals surface area contributed by atoms with Crippen molar-refractivity contribution in [2.75, 3.05) is 18.9 Å². The van der Waals surface area contributed by atoms with Crippen LogP contribution in [0.4, 0.5) is 5.82 Å². The molecule has 236 valence electrons. The lowest BCUT2D eigenvalue weighted by atomic mass is 9.87. The van der Waals surface area contributed by atoms with Gasteiger partial charge in [-0.05, 0) is 60.9 Å². The molecular formula is C29H37N6O8P. The number of aromatic nitrogens is 3. The number of nitrogens with one attached hydrogen (secondary N) is 1. The lowest BCUT2D eigenvalue weighted by molar-refractivity contribution is -0.145. The molecule has 1 aliphatic carbocycles. The van der Waals surface area contributed by atoms with E-state index in [0.29, 0.717) is 11.4 Å². The van der Waals surface area contributed by atoms with Crippen LogP contribution in [0.2, 0.25) is 0 Å². The Balaban J connectivity index is 1.36. The number of hydrogen-bond acceptors (Lipinski definition) is 12. The number of carbonyl (C=O) groups is 1. The Labute approximate surface area is 254 Å². The summed E-state index contributed by atoms with van der Waals surface area (Å²) >= 11 is 0. The van der Waals surface area contributed by atoms with E-state index < -0.39 is 50.3 Å². The van der Waals surface area contributed by atoms with Gasteiger partial charge in [0.25, 0.3) is 0 Å². The summed E-state index contributed by atoms with van der Waals surface area (Å²) in [6, 6.07) is 10.8. The summed E-state index contributed by atoms with van der Waals surface area (Å²) in [4.78, 5) is 16.5. The number of hydrogen-bond donors (Lipinski definition) is 4. The van der Waals surface area contributed by atoms with Gasteiger partial charge in [-0.3, -0.25) is 9.32 Å². The molecule has 2 aromatic heterocycles. The summed E-state index contributed by atoms with van der Waals surface area (Å²) in [6.07, 6.45) is -1.56. The van der Waals surface area contributed by atoms with Crippen LogP contribution in [0.15, 0.2) is 42.7 Å². The fraction of sp³-hybridized carbons (Fsp3) is 0.517. The van der Waals surface area contributed by atoms with Gasteiger partial charge in [0.1, 0.15) is 48.0 Å². The Hall–Kier alpha value is -3.57. The van der Waals surface area contributed by atoms with Gasteiger partial charge in [-0.15, -0.1) is 0 Å². The van der Waals surface area contributed by atoms with E-state index in [0.717, 1.165) is 18.4 Å². The van der Waals surface area contributed by atoms with Crippen LogP contribution in [0.1, 0.15) is 51.8 Å². The first-order valence-corrected chi connectivity index (χ1v) is 15.8. The fourth-order valence-corrected chi connectivity index (χ4v) is 6.37. The van der Waals surface area contributed by atoms with Gasteiger partial charge in [0, 0.05) is 0 Å². The molecule has 15 heteroatoms.